The van der Waals surface area contributed by atoms with Crippen molar-refractivity contribution in [3.05, 3.63) is 42.6 Å². The van der Waals surface area contributed by atoms with Gasteiger partial charge in [-0.2, -0.15) is 4.98 Å². The standard InChI is InChI=1S/C36H52N6O7/c1-24(2)33(25(3)4)49-36(43)42(28-12-11-27(44-6)23-29(28)45-7)32-13-14-37-35(39-32)38-26-21-30(46-8)34(47-9)31(22-26)48-20-10-15-41-18-16-40(5)17-19-41/h11-14,21-25,33H,10,15-20H2,1-9H3,(H,37,38,39). The Labute approximate surface area is 290 Å². The van der Waals surface area contributed by atoms with Crippen LogP contribution >= 0.6 is 0 Å². The van der Waals surface area contributed by atoms with E-state index < -0.39 is 6.09 Å². The van der Waals surface area contributed by atoms with Crippen molar-refractivity contribution in [2.75, 3.05) is 85.0 Å². The molecule has 2 aromatic carbocycles. The first-order chi connectivity index (χ1) is 23.6. The van der Waals surface area contributed by atoms with Crippen molar-refractivity contribution in [1.82, 2.24) is 19.8 Å². The lowest BCUT2D eigenvalue weighted by Gasteiger charge is -2.32. The molecule has 0 aliphatic carbocycles. The van der Waals surface area contributed by atoms with E-state index in [-0.39, 0.29) is 29.7 Å². The van der Waals surface area contributed by atoms with Crippen molar-refractivity contribution in [1.29, 1.82) is 0 Å². The highest BCUT2D eigenvalue weighted by Crippen LogP contribution is 2.41. The van der Waals surface area contributed by atoms with Gasteiger partial charge < -0.3 is 43.5 Å². The zero-order valence-corrected chi connectivity index (χ0v) is 30.3. The maximum Gasteiger partial charge on any atom is 0.420 e. The number of anilines is 4. The summed E-state index contributed by atoms with van der Waals surface area (Å²) >= 11 is 0. The molecule has 1 fully saturated rings. The average molecular weight is 681 g/mol. The van der Waals surface area contributed by atoms with E-state index in [1.165, 1.54) is 12.0 Å². The summed E-state index contributed by atoms with van der Waals surface area (Å²) in [5, 5.41) is 3.25. The second-order valence-electron chi connectivity index (χ2n) is 12.6. The van der Waals surface area contributed by atoms with Crippen molar-refractivity contribution in [2.45, 2.75) is 40.2 Å². The number of benzene rings is 2. The van der Waals surface area contributed by atoms with Crippen LogP contribution in [0.3, 0.4) is 0 Å². The van der Waals surface area contributed by atoms with Gasteiger partial charge in [-0.3, -0.25) is 0 Å². The zero-order chi connectivity index (χ0) is 35.5. The van der Waals surface area contributed by atoms with E-state index in [4.69, 9.17) is 33.4 Å². The van der Waals surface area contributed by atoms with Crippen molar-refractivity contribution in [2.24, 2.45) is 11.8 Å². The molecule has 1 amide bonds. The van der Waals surface area contributed by atoms with Gasteiger partial charge in [-0.25, -0.2) is 14.7 Å². The van der Waals surface area contributed by atoms with Gasteiger partial charge in [0.1, 0.15) is 23.4 Å². The fourth-order valence-corrected chi connectivity index (χ4v) is 5.81. The Morgan fingerprint density at radius 3 is 2.20 bits per heavy atom. The highest BCUT2D eigenvalue weighted by Gasteiger charge is 2.30. The zero-order valence-electron chi connectivity index (χ0n) is 30.3. The summed E-state index contributed by atoms with van der Waals surface area (Å²) in [6, 6.07) is 10.4. The van der Waals surface area contributed by atoms with E-state index in [0.717, 1.165) is 39.1 Å². The number of piperazine rings is 1. The van der Waals surface area contributed by atoms with Crippen LogP contribution in [0.25, 0.3) is 0 Å². The molecule has 0 saturated carbocycles. The number of nitrogens with one attached hydrogen (secondary N) is 1. The van der Waals surface area contributed by atoms with Crippen LogP contribution in [0.2, 0.25) is 0 Å². The fourth-order valence-electron chi connectivity index (χ4n) is 5.81. The topological polar surface area (TPSA) is 120 Å². The Kier molecular flexibility index (Phi) is 13.5. The molecule has 4 rings (SSSR count). The summed E-state index contributed by atoms with van der Waals surface area (Å²) < 4.78 is 34.7. The SMILES string of the molecule is COc1ccc(N(C(=O)OC(C(C)C)C(C)C)c2ccnc(Nc3cc(OC)c(OC)c(OCCCN4CCN(C)CC4)c3)n2)c(OC)c1. The number of aromatic nitrogens is 2. The van der Waals surface area contributed by atoms with Gasteiger partial charge in [0.15, 0.2) is 11.5 Å². The number of likely N-dealkylation sites (N-methyl/N-ethyl adjacent to an activating group) is 1. The quantitative estimate of drug-likeness (QED) is 0.173. The summed E-state index contributed by atoms with van der Waals surface area (Å²) in [6.07, 6.45) is 1.51. The Bertz CT molecular complexity index is 1510. The molecule has 1 aromatic heterocycles. The number of rotatable bonds is 16. The first-order valence-electron chi connectivity index (χ1n) is 16.7. The highest BCUT2D eigenvalue weighted by atomic mass is 16.6. The Hall–Kier alpha value is -4.49. The number of methoxy groups -OCH3 is 4. The smallest absolute Gasteiger partial charge is 0.420 e. The Morgan fingerprint density at radius 1 is 0.878 bits per heavy atom. The second kappa shape index (κ2) is 17.8. The minimum Gasteiger partial charge on any atom is -0.497 e. The third-order valence-electron chi connectivity index (χ3n) is 8.40. The molecule has 13 heteroatoms. The number of ether oxygens (including phenoxy) is 6. The fraction of sp³-hybridized carbons (Fsp3) is 0.528. The van der Waals surface area contributed by atoms with Crippen LogP contribution in [0.4, 0.5) is 27.9 Å². The molecule has 13 nitrogen and oxygen atoms in total. The second-order valence-corrected chi connectivity index (χ2v) is 12.6. The Morgan fingerprint density at radius 2 is 1.57 bits per heavy atom. The van der Waals surface area contributed by atoms with Crippen molar-refractivity contribution < 1.29 is 33.2 Å². The molecule has 0 bridgehead atoms. The molecule has 0 spiro atoms. The molecule has 0 unspecified atom stereocenters. The first-order valence-corrected chi connectivity index (χ1v) is 16.7. The third-order valence-corrected chi connectivity index (χ3v) is 8.40. The molecule has 1 saturated heterocycles. The van der Waals surface area contributed by atoms with Crippen LogP contribution in [-0.2, 0) is 4.74 Å². The van der Waals surface area contributed by atoms with Gasteiger partial charge in [0, 0.05) is 68.9 Å². The summed E-state index contributed by atoms with van der Waals surface area (Å²) in [7, 11) is 8.41. The first kappa shape index (κ1) is 37.3. The molecule has 1 aliphatic heterocycles. The number of hydrogen-bond acceptors (Lipinski definition) is 12. The predicted octanol–water partition coefficient (Wildman–Crippen LogP) is 6.23. The molecule has 0 radical (unpaired) electrons. The van der Waals surface area contributed by atoms with E-state index in [2.05, 4.69) is 27.1 Å². The number of amides is 1. The van der Waals surface area contributed by atoms with Crippen LogP contribution in [0.1, 0.15) is 34.1 Å². The van der Waals surface area contributed by atoms with Gasteiger partial charge >= 0.3 is 6.09 Å². The van der Waals surface area contributed by atoms with Crippen molar-refractivity contribution >= 4 is 29.2 Å². The summed E-state index contributed by atoms with van der Waals surface area (Å²) in [6.45, 7) is 13.8. The summed E-state index contributed by atoms with van der Waals surface area (Å²) in [5.74, 6) is 3.20. The predicted molar refractivity (Wildman–Crippen MR) is 191 cm³/mol. The Balaban J connectivity index is 1.61. The van der Waals surface area contributed by atoms with Crippen LogP contribution in [0.5, 0.6) is 28.7 Å². The molecular formula is C36H52N6O7. The van der Waals surface area contributed by atoms with Gasteiger partial charge in [0.2, 0.25) is 11.7 Å². The molecular weight excluding hydrogens is 628 g/mol. The van der Waals surface area contributed by atoms with Crippen LogP contribution < -0.4 is 33.9 Å². The molecule has 2 heterocycles. The minimum atomic E-state index is -0.598. The van der Waals surface area contributed by atoms with Crippen LogP contribution in [0.15, 0.2) is 42.6 Å². The van der Waals surface area contributed by atoms with Gasteiger partial charge in [0.25, 0.3) is 0 Å². The van der Waals surface area contributed by atoms with E-state index in [0.29, 0.717) is 46.7 Å². The lowest BCUT2D eigenvalue weighted by Crippen LogP contribution is -2.44. The number of hydrogen-bond donors (Lipinski definition) is 1. The lowest BCUT2D eigenvalue weighted by molar-refractivity contribution is 0.0484. The van der Waals surface area contributed by atoms with Gasteiger partial charge in [-0.05, 0) is 37.4 Å². The largest absolute Gasteiger partial charge is 0.497 e. The number of carbonyl (C=O) groups excluding carboxylic acids is 1. The monoisotopic (exact) mass is 680 g/mol. The molecule has 3 aromatic rings. The van der Waals surface area contributed by atoms with Gasteiger partial charge in [-0.1, -0.05) is 27.7 Å². The maximum atomic E-state index is 14.0. The van der Waals surface area contributed by atoms with Crippen molar-refractivity contribution in [3.8, 4) is 28.7 Å². The van der Waals surface area contributed by atoms with E-state index in [1.54, 1.807) is 57.9 Å². The van der Waals surface area contributed by atoms with Crippen LogP contribution in [0, 0.1) is 11.8 Å². The van der Waals surface area contributed by atoms with E-state index in [1.807, 2.05) is 33.8 Å². The van der Waals surface area contributed by atoms with E-state index in [9.17, 15) is 4.79 Å². The molecule has 49 heavy (non-hydrogen) atoms. The van der Waals surface area contributed by atoms with Crippen LogP contribution in [-0.4, -0.2) is 107 Å². The number of carbonyl (C=O) groups is 1. The molecule has 1 N–H and O–H groups in total. The molecule has 268 valence electrons. The lowest BCUT2D eigenvalue weighted by atomic mass is 9.96. The number of nitrogens with zero attached hydrogens (tertiary/aromatic N) is 5. The van der Waals surface area contributed by atoms with Gasteiger partial charge in [0.05, 0.1) is 40.7 Å². The summed E-state index contributed by atoms with van der Waals surface area (Å²) in [4.78, 5) is 29.3. The molecule has 1 aliphatic rings. The minimum absolute atomic E-state index is 0.0967. The molecule has 0 atom stereocenters. The van der Waals surface area contributed by atoms with E-state index >= 15 is 0 Å². The third kappa shape index (κ3) is 9.79. The van der Waals surface area contributed by atoms with Crippen molar-refractivity contribution in [3.63, 3.8) is 0 Å². The summed E-state index contributed by atoms with van der Waals surface area (Å²) in [5.41, 5.74) is 1.04. The normalized spacial score (nSPS) is 13.8. The average Bonchev–Trinajstić information content (AvgIpc) is 3.09. The van der Waals surface area contributed by atoms with Gasteiger partial charge in [-0.15, -0.1) is 0 Å². The highest BCUT2D eigenvalue weighted by molar-refractivity contribution is 5.97. The maximum absolute atomic E-state index is 14.0.